The lowest BCUT2D eigenvalue weighted by atomic mass is 9.74. The third-order valence-electron chi connectivity index (χ3n) is 4.86. The second-order valence-corrected chi connectivity index (χ2v) is 6.89. The molecule has 0 aromatic heterocycles. The van der Waals surface area contributed by atoms with E-state index >= 15 is 0 Å². The van der Waals surface area contributed by atoms with E-state index in [1.807, 2.05) is 24.3 Å². The lowest BCUT2D eigenvalue weighted by Crippen LogP contribution is -2.42. The van der Waals surface area contributed by atoms with Crippen LogP contribution in [-0.2, 0) is 16.7 Å². The van der Waals surface area contributed by atoms with Crippen molar-refractivity contribution in [3.63, 3.8) is 0 Å². The summed E-state index contributed by atoms with van der Waals surface area (Å²) in [4.78, 5) is 11.1. The zero-order valence-corrected chi connectivity index (χ0v) is 14.8. The lowest BCUT2D eigenvalue weighted by molar-refractivity contribution is 0.0498. The Balaban J connectivity index is 1.73. The van der Waals surface area contributed by atoms with E-state index in [4.69, 9.17) is 21.4 Å². The number of ether oxygens (including phenoxy) is 1. The third kappa shape index (κ3) is 4.21. The number of benzene rings is 2. The van der Waals surface area contributed by atoms with Crippen LogP contribution in [-0.4, -0.2) is 30.8 Å². The van der Waals surface area contributed by atoms with Gasteiger partial charge in [-0.05, 0) is 42.2 Å². The molecule has 1 fully saturated rings. The summed E-state index contributed by atoms with van der Waals surface area (Å²) < 4.78 is 5.56. The number of halogens is 1. The molecule has 1 aliphatic heterocycles. The van der Waals surface area contributed by atoms with E-state index in [-0.39, 0.29) is 5.41 Å². The smallest absolute Gasteiger partial charge is 0.335 e. The van der Waals surface area contributed by atoms with Crippen molar-refractivity contribution in [2.24, 2.45) is 0 Å². The van der Waals surface area contributed by atoms with Gasteiger partial charge in [0.25, 0.3) is 0 Å². The van der Waals surface area contributed by atoms with Crippen LogP contribution in [0.2, 0.25) is 5.02 Å². The number of nitrogens with one attached hydrogen (secondary N) is 1. The molecule has 0 radical (unpaired) electrons. The van der Waals surface area contributed by atoms with Gasteiger partial charge in [0, 0.05) is 36.7 Å². The standard InChI is InChI=1S/C20H22ClNO3/c21-18-7-2-1-6-17(18)20(8-10-25-11-9-20)14-22-13-15-4-3-5-16(12-15)19(23)24/h1-7,12,22H,8-11,13-14H2,(H,23,24). The van der Waals surface area contributed by atoms with Crippen molar-refractivity contribution in [2.45, 2.75) is 24.8 Å². The minimum absolute atomic E-state index is 0.0546. The van der Waals surface area contributed by atoms with Crippen molar-refractivity contribution >= 4 is 17.6 Å². The number of carboxylic acid groups (broad SMARTS) is 1. The number of hydrogen-bond donors (Lipinski definition) is 2. The number of rotatable bonds is 6. The second-order valence-electron chi connectivity index (χ2n) is 6.48. The van der Waals surface area contributed by atoms with Gasteiger partial charge in [-0.2, -0.15) is 0 Å². The van der Waals surface area contributed by atoms with E-state index in [1.165, 1.54) is 0 Å². The summed E-state index contributed by atoms with van der Waals surface area (Å²) in [6.07, 6.45) is 1.83. The summed E-state index contributed by atoms with van der Waals surface area (Å²) >= 11 is 6.46. The highest BCUT2D eigenvalue weighted by molar-refractivity contribution is 6.31. The van der Waals surface area contributed by atoms with Crippen LogP contribution in [0.5, 0.6) is 0 Å². The van der Waals surface area contributed by atoms with Crippen molar-refractivity contribution in [3.05, 3.63) is 70.2 Å². The molecular formula is C20H22ClNO3. The van der Waals surface area contributed by atoms with E-state index in [2.05, 4.69) is 11.4 Å². The Morgan fingerprint density at radius 1 is 1.16 bits per heavy atom. The van der Waals surface area contributed by atoms with Crippen molar-refractivity contribution in [1.82, 2.24) is 5.32 Å². The summed E-state index contributed by atoms with van der Waals surface area (Å²) in [6.45, 7) is 2.84. The van der Waals surface area contributed by atoms with Gasteiger partial charge in [-0.25, -0.2) is 4.79 Å². The van der Waals surface area contributed by atoms with E-state index < -0.39 is 5.97 Å². The first kappa shape index (κ1) is 17.9. The largest absolute Gasteiger partial charge is 0.478 e. The maximum Gasteiger partial charge on any atom is 0.335 e. The molecule has 1 heterocycles. The molecule has 0 saturated carbocycles. The SMILES string of the molecule is O=C(O)c1cccc(CNCC2(c3ccccc3Cl)CCOCC2)c1. The van der Waals surface area contributed by atoms with E-state index in [0.29, 0.717) is 12.1 Å². The third-order valence-corrected chi connectivity index (χ3v) is 5.19. The van der Waals surface area contributed by atoms with Crippen LogP contribution in [0.15, 0.2) is 48.5 Å². The molecule has 1 aliphatic rings. The molecule has 0 atom stereocenters. The van der Waals surface area contributed by atoms with Gasteiger partial charge in [0.05, 0.1) is 5.56 Å². The average molecular weight is 360 g/mol. The molecule has 0 aliphatic carbocycles. The van der Waals surface area contributed by atoms with Gasteiger partial charge in [0.15, 0.2) is 0 Å². The van der Waals surface area contributed by atoms with Crippen LogP contribution in [0.4, 0.5) is 0 Å². The summed E-state index contributed by atoms with van der Waals surface area (Å²) in [5.41, 5.74) is 2.38. The summed E-state index contributed by atoms with van der Waals surface area (Å²) in [7, 11) is 0. The first-order valence-electron chi connectivity index (χ1n) is 8.46. The highest BCUT2D eigenvalue weighted by Gasteiger charge is 2.35. The fourth-order valence-electron chi connectivity index (χ4n) is 3.46. The molecule has 2 aromatic carbocycles. The Morgan fingerprint density at radius 2 is 1.92 bits per heavy atom. The quantitative estimate of drug-likeness (QED) is 0.821. The van der Waals surface area contributed by atoms with Crippen LogP contribution >= 0.6 is 11.6 Å². The van der Waals surface area contributed by atoms with Crippen molar-refractivity contribution in [2.75, 3.05) is 19.8 Å². The molecule has 2 N–H and O–H groups in total. The maximum absolute atomic E-state index is 11.1. The normalized spacial score (nSPS) is 16.5. The molecule has 1 saturated heterocycles. The molecule has 0 spiro atoms. The van der Waals surface area contributed by atoms with Gasteiger partial charge >= 0.3 is 5.97 Å². The number of hydrogen-bond acceptors (Lipinski definition) is 3. The molecular weight excluding hydrogens is 338 g/mol. The first-order valence-corrected chi connectivity index (χ1v) is 8.84. The van der Waals surface area contributed by atoms with Gasteiger partial charge in [0.1, 0.15) is 0 Å². The molecule has 5 heteroatoms. The Bertz CT molecular complexity index is 741. The van der Waals surface area contributed by atoms with E-state index in [0.717, 1.165) is 48.7 Å². The van der Waals surface area contributed by atoms with Crippen LogP contribution in [0.3, 0.4) is 0 Å². The molecule has 0 amide bonds. The maximum atomic E-state index is 11.1. The van der Waals surface area contributed by atoms with Gasteiger partial charge < -0.3 is 15.2 Å². The van der Waals surface area contributed by atoms with Crippen LogP contribution < -0.4 is 5.32 Å². The molecule has 4 nitrogen and oxygen atoms in total. The predicted molar refractivity (Wildman–Crippen MR) is 98.3 cm³/mol. The fraction of sp³-hybridized carbons (Fsp3) is 0.350. The summed E-state index contributed by atoms with van der Waals surface area (Å²) in [6, 6.07) is 15.0. The van der Waals surface area contributed by atoms with Crippen LogP contribution in [0.25, 0.3) is 0 Å². The predicted octanol–water partition coefficient (Wildman–Crippen LogP) is 3.88. The Morgan fingerprint density at radius 3 is 2.64 bits per heavy atom. The monoisotopic (exact) mass is 359 g/mol. The topological polar surface area (TPSA) is 58.6 Å². The van der Waals surface area contributed by atoms with Crippen molar-refractivity contribution in [3.8, 4) is 0 Å². The second kappa shape index (κ2) is 8.00. The highest BCUT2D eigenvalue weighted by Crippen LogP contribution is 2.38. The minimum atomic E-state index is -0.904. The van der Waals surface area contributed by atoms with Crippen LogP contribution in [0.1, 0.15) is 34.3 Å². The van der Waals surface area contributed by atoms with Gasteiger partial charge in [-0.15, -0.1) is 0 Å². The number of carboxylic acids is 1. The average Bonchev–Trinajstić information content (AvgIpc) is 2.63. The summed E-state index contributed by atoms with van der Waals surface area (Å²) in [5.74, 6) is -0.904. The Hall–Kier alpha value is -1.88. The van der Waals surface area contributed by atoms with Gasteiger partial charge in [-0.3, -0.25) is 0 Å². The zero-order valence-electron chi connectivity index (χ0n) is 14.0. The minimum Gasteiger partial charge on any atom is -0.478 e. The van der Waals surface area contributed by atoms with Gasteiger partial charge in [0.2, 0.25) is 0 Å². The molecule has 0 bridgehead atoms. The molecule has 2 aromatic rings. The number of aromatic carboxylic acids is 1. The Labute approximate surface area is 152 Å². The molecule has 132 valence electrons. The zero-order chi connectivity index (χ0) is 17.7. The fourth-order valence-corrected chi connectivity index (χ4v) is 3.79. The molecule has 0 unspecified atom stereocenters. The molecule has 3 rings (SSSR count). The van der Waals surface area contributed by atoms with E-state index in [9.17, 15) is 4.79 Å². The lowest BCUT2D eigenvalue weighted by Gasteiger charge is -2.38. The van der Waals surface area contributed by atoms with E-state index in [1.54, 1.807) is 18.2 Å². The van der Waals surface area contributed by atoms with Crippen molar-refractivity contribution in [1.29, 1.82) is 0 Å². The number of carbonyl (C=O) groups is 1. The van der Waals surface area contributed by atoms with Crippen molar-refractivity contribution < 1.29 is 14.6 Å². The first-order chi connectivity index (χ1) is 12.1. The van der Waals surface area contributed by atoms with Crippen LogP contribution in [0, 0.1) is 0 Å². The molecule has 25 heavy (non-hydrogen) atoms. The Kier molecular flexibility index (Phi) is 5.74. The highest BCUT2D eigenvalue weighted by atomic mass is 35.5. The van der Waals surface area contributed by atoms with Gasteiger partial charge in [-0.1, -0.05) is 41.9 Å². The summed E-state index contributed by atoms with van der Waals surface area (Å²) in [5, 5.41) is 13.4.